The van der Waals surface area contributed by atoms with Crippen molar-refractivity contribution in [1.29, 1.82) is 0 Å². The Labute approximate surface area is 219 Å². The van der Waals surface area contributed by atoms with Crippen molar-refractivity contribution in [2.45, 2.75) is 51.4 Å². The summed E-state index contributed by atoms with van der Waals surface area (Å²) in [5.74, 6) is 2.38. The highest BCUT2D eigenvalue weighted by Gasteiger charge is 2.66. The summed E-state index contributed by atoms with van der Waals surface area (Å²) in [7, 11) is 0. The van der Waals surface area contributed by atoms with Gasteiger partial charge < -0.3 is 10.0 Å². The predicted molar refractivity (Wildman–Crippen MR) is 140 cm³/mol. The van der Waals surface area contributed by atoms with E-state index in [-0.39, 0.29) is 48.0 Å². The summed E-state index contributed by atoms with van der Waals surface area (Å²) in [5.41, 5.74) is 2.34. The molecule has 2 aliphatic heterocycles. The first-order chi connectivity index (χ1) is 18.0. The molecule has 1 aromatic carbocycles. The van der Waals surface area contributed by atoms with Gasteiger partial charge in [-0.3, -0.25) is 19.6 Å². The number of carbonyl (C=O) groups excluding carboxylic acids is 2. The standard InChI is InChI=1S/C30H40N4O3/c1-17-22-13-23(24(17)16-35)27-26(22)29(36)34(30(27)37)15-20-6-4-5-19(20)14-33-11-9-18(10-12-33)28-21-7-2-3-8-25(21)31-32-28/h2-3,7-8,17-20,22-24,26-27,35H,4-6,9-16H2,1H3,(H,31,32)/t17?,19-,20-,22?,23?,24?,26?,27?/m1/s1. The Hall–Kier alpha value is -2.25. The Bertz CT molecular complexity index is 1190. The number of H-pyrrole nitrogens is 1. The molecule has 3 aliphatic carbocycles. The maximum atomic E-state index is 13.5. The summed E-state index contributed by atoms with van der Waals surface area (Å²) in [6.45, 7) is 6.19. The number of aliphatic hydroxyl groups excluding tert-OH is 1. The molecule has 7 rings (SSSR count). The van der Waals surface area contributed by atoms with Crippen LogP contribution in [-0.4, -0.2) is 69.7 Å². The summed E-state index contributed by atoms with van der Waals surface area (Å²) < 4.78 is 0. The lowest BCUT2D eigenvalue weighted by Gasteiger charge is -2.35. The van der Waals surface area contributed by atoms with Gasteiger partial charge in [0.15, 0.2) is 0 Å². The van der Waals surface area contributed by atoms with Crippen LogP contribution in [0.25, 0.3) is 10.9 Å². The molecule has 3 heterocycles. The molecule has 5 aliphatic rings. The molecule has 8 atom stereocenters. The highest BCUT2D eigenvalue weighted by Crippen LogP contribution is 2.61. The largest absolute Gasteiger partial charge is 0.396 e. The molecule has 6 unspecified atom stereocenters. The van der Waals surface area contributed by atoms with Gasteiger partial charge in [-0.25, -0.2) is 0 Å². The Morgan fingerprint density at radius 2 is 1.68 bits per heavy atom. The number of rotatable bonds is 6. The van der Waals surface area contributed by atoms with Crippen LogP contribution < -0.4 is 0 Å². The van der Waals surface area contributed by atoms with E-state index < -0.39 is 0 Å². The van der Waals surface area contributed by atoms with Crippen LogP contribution in [0.2, 0.25) is 0 Å². The predicted octanol–water partition coefficient (Wildman–Crippen LogP) is 3.65. The number of aromatic amines is 1. The molecule has 0 spiro atoms. The molecule has 198 valence electrons. The third-order valence-corrected chi connectivity index (χ3v) is 11.3. The second-order valence-corrected chi connectivity index (χ2v) is 12.8. The number of piperidine rings is 1. The highest BCUT2D eigenvalue weighted by molar-refractivity contribution is 6.06. The van der Waals surface area contributed by atoms with Crippen LogP contribution in [0.4, 0.5) is 0 Å². The Morgan fingerprint density at radius 3 is 2.43 bits per heavy atom. The van der Waals surface area contributed by atoms with E-state index in [4.69, 9.17) is 0 Å². The SMILES string of the molecule is CC1C(CO)C2CC1C1C(=O)N(C[C@H]3CCC[C@@H]3CN3CCC(c4n[nH]c5ccccc45)CC3)C(=O)C21. The van der Waals surface area contributed by atoms with Crippen molar-refractivity contribution >= 4 is 22.7 Å². The van der Waals surface area contributed by atoms with E-state index in [2.05, 4.69) is 46.3 Å². The van der Waals surface area contributed by atoms with Crippen LogP contribution in [-0.2, 0) is 9.59 Å². The third kappa shape index (κ3) is 3.71. The molecule has 2 N–H and O–H groups in total. The number of aromatic nitrogens is 2. The van der Waals surface area contributed by atoms with Gasteiger partial charge in [0.1, 0.15) is 0 Å². The number of nitrogens with zero attached hydrogens (tertiary/aromatic N) is 3. The minimum atomic E-state index is -0.164. The number of nitrogens with one attached hydrogen (secondary N) is 1. The van der Waals surface area contributed by atoms with Crippen LogP contribution >= 0.6 is 0 Å². The van der Waals surface area contributed by atoms with E-state index >= 15 is 0 Å². The highest BCUT2D eigenvalue weighted by atomic mass is 16.3. The molecule has 5 fully saturated rings. The average Bonchev–Trinajstić information content (AvgIpc) is 3.72. The van der Waals surface area contributed by atoms with Gasteiger partial charge in [0.05, 0.1) is 23.0 Å². The van der Waals surface area contributed by atoms with Gasteiger partial charge in [-0.15, -0.1) is 0 Å². The van der Waals surface area contributed by atoms with Gasteiger partial charge in [0, 0.05) is 31.0 Å². The molecule has 3 saturated carbocycles. The van der Waals surface area contributed by atoms with Gasteiger partial charge >= 0.3 is 0 Å². The molecule has 2 bridgehead atoms. The maximum Gasteiger partial charge on any atom is 0.233 e. The molecule has 2 aromatic rings. The molecule has 7 heteroatoms. The molecule has 0 radical (unpaired) electrons. The van der Waals surface area contributed by atoms with E-state index in [0.717, 1.165) is 50.8 Å². The molecule has 7 nitrogen and oxygen atoms in total. The number of likely N-dealkylation sites (tertiary alicyclic amines) is 2. The van der Waals surface area contributed by atoms with Crippen molar-refractivity contribution in [3.05, 3.63) is 30.0 Å². The zero-order chi connectivity index (χ0) is 25.3. The van der Waals surface area contributed by atoms with Gasteiger partial charge in [0.2, 0.25) is 11.8 Å². The molecule has 1 aromatic heterocycles. The number of hydrogen-bond acceptors (Lipinski definition) is 5. The zero-order valence-corrected chi connectivity index (χ0v) is 21.9. The summed E-state index contributed by atoms with van der Waals surface area (Å²) in [4.78, 5) is 31.2. The van der Waals surface area contributed by atoms with Crippen LogP contribution in [0, 0.1) is 47.3 Å². The van der Waals surface area contributed by atoms with Crippen molar-refractivity contribution in [1.82, 2.24) is 20.0 Å². The van der Waals surface area contributed by atoms with Crippen molar-refractivity contribution in [3.63, 3.8) is 0 Å². The number of carbonyl (C=O) groups is 2. The number of amides is 2. The van der Waals surface area contributed by atoms with E-state index in [0.29, 0.717) is 30.2 Å². The second kappa shape index (κ2) is 9.19. The first kappa shape index (κ1) is 23.8. The van der Waals surface area contributed by atoms with Crippen LogP contribution in [0.15, 0.2) is 24.3 Å². The zero-order valence-electron chi connectivity index (χ0n) is 21.9. The molecule has 2 saturated heterocycles. The summed E-state index contributed by atoms with van der Waals surface area (Å²) in [6, 6.07) is 8.42. The van der Waals surface area contributed by atoms with Crippen molar-refractivity contribution in [2.75, 3.05) is 32.8 Å². The van der Waals surface area contributed by atoms with Crippen LogP contribution in [0.1, 0.15) is 57.1 Å². The van der Waals surface area contributed by atoms with Crippen molar-refractivity contribution in [2.24, 2.45) is 47.3 Å². The first-order valence-electron chi connectivity index (χ1n) is 14.7. The summed E-state index contributed by atoms with van der Waals surface area (Å²) in [6.07, 6.45) is 6.73. The number of para-hydroxylation sites is 1. The summed E-state index contributed by atoms with van der Waals surface area (Å²) >= 11 is 0. The quantitative estimate of drug-likeness (QED) is 0.586. The topological polar surface area (TPSA) is 89.5 Å². The monoisotopic (exact) mass is 504 g/mol. The average molecular weight is 505 g/mol. The van der Waals surface area contributed by atoms with E-state index in [9.17, 15) is 14.7 Å². The lowest BCUT2D eigenvalue weighted by atomic mass is 9.70. The third-order valence-electron chi connectivity index (χ3n) is 11.3. The van der Waals surface area contributed by atoms with Crippen LogP contribution in [0.5, 0.6) is 0 Å². The molecule has 37 heavy (non-hydrogen) atoms. The number of imide groups is 1. The normalized spacial score (nSPS) is 38.4. The lowest BCUT2D eigenvalue weighted by Crippen LogP contribution is -2.41. The molecular weight excluding hydrogens is 464 g/mol. The fourth-order valence-corrected chi connectivity index (χ4v) is 9.30. The van der Waals surface area contributed by atoms with Gasteiger partial charge in [-0.1, -0.05) is 31.5 Å². The molecular formula is C30H40N4O3. The van der Waals surface area contributed by atoms with Crippen LogP contribution in [0.3, 0.4) is 0 Å². The minimum Gasteiger partial charge on any atom is -0.396 e. The number of aliphatic hydroxyl groups is 1. The Balaban J connectivity index is 0.975. The Kier molecular flexibility index (Phi) is 5.92. The fourth-order valence-electron chi connectivity index (χ4n) is 9.30. The smallest absolute Gasteiger partial charge is 0.233 e. The lowest BCUT2D eigenvalue weighted by molar-refractivity contribution is -0.141. The maximum absolute atomic E-state index is 13.5. The Morgan fingerprint density at radius 1 is 0.973 bits per heavy atom. The number of hydrogen-bond donors (Lipinski definition) is 2. The minimum absolute atomic E-state index is 0.0746. The second-order valence-electron chi connectivity index (χ2n) is 12.8. The fraction of sp³-hybridized carbons (Fsp3) is 0.700. The van der Waals surface area contributed by atoms with Crippen molar-refractivity contribution < 1.29 is 14.7 Å². The van der Waals surface area contributed by atoms with Gasteiger partial charge in [0.25, 0.3) is 0 Å². The van der Waals surface area contributed by atoms with Crippen molar-refractivity contribution in [3.8, 4) is 0 Å². The van der Waals surface area contributed by atoms with Gasteiger partial charge in [-0.2, -0.15) is 5.10 Å². The first-order valence-corrected chi connectivity index (χ1v) is 14.7. The van der Waals surface area contributed by atoms with E-state index in [1.165, 1.54) is 23.9 Å². The number of benzene rings is 1. The van der Waals surface area contributed by atoms with Gasteiger partial charge in [-0.05, 0) is 86.8 Å². The summed E-state index contributed by atoms with van der Waals surface area (Å²) in [5, 5.41) is 19.0. The molecule has 2 amide bonds. The van der Waals surface area contributed by atoms with E-state index in [1.807, 2.05) is 0 Å². The number of fused-ring (bicyclic) bond motifs is 6. The van der Waals surface area contributed by atoms with E-state index in [1.54, 1.807) is 4.90 Å².